The van der Waals surface area contributed by atoms with Gasteiger partial charge in [-0.15, -0.1) is 0 Å². The minimum absolute atomic E-state index is 0.250. The fraction of sp³-hybridized carbons (Fsp3) is 0.263. The van der Waals surface area contributed by atoms with Crippen LogP contribution < -0.4 is 14.8 Å². The van der Waals surface area contributed by atoms with Gasteiger partial charge in [0.2, 0.25) is 5.95 Å². The van der Waals surface area contributed by atoms with E-state index in [-0.39, 0.29) is 6.04 Å². The van der Waals surface area contributed by atoms with Crippen molar-refractivity contribution in [3.05, 3.63) is 66.2 Å². The highest BCUT2D eigenvalue weighted by Crippen LogP contribution is 2.34. The number of ether oxygens (including phenoxy) is 2. The quantitative estimate of drug-likeness (QED) is 0.775. The smallest absolute Gasteiger partial charge is 0.233 e. The van der Waals surface area contributed by atoms with Gasteiger partial charge in [0.05, 0.1) is 7.11 Å². The van der Waals surface area contributed by atoms with Crippen molar-refractivity contribution in [2.45, 2.75) is 19.0 Å². The van der Waals surface area contributed by atoms with Gasteiger partial charge in [-0.2, -0.15) is 0 Å². The van der Waals surface area contributed by atoms with Gasteiger partial charge in [-0.25, -0.2) is 9.97 Å². The number of benzene rings is 1. The van der Waals surface area contributed by atoms with E-state index in [2.05, 4.69) is 27.4 Å². The zero-order valence-electron chi connectivity index (χ0n) is 14.1. The fourth-order valence-electron chi connectivity index (χ4n) is 3.11. The highest BCUT2D eigenvalue weighted by atomic mass is 16.5. The Labute approximate surface area is 146 Å². The van der Waals surface area contributed by atoms with Crippen LogP contribution in [-0.2, 0) is 13.0 Å². The topological polar surface area (TPSA) is 61.2 Å². The molecule has 1 atom stereocenters. The average Bonchev–Trinajstić information content (AvgIpc) is 3.15. The lowest BCUT2D eigenvalue weighted by Gasteiger charge is -2.27. The summed E-state index contributed by atoms with van der Waals surface area (Å²) in [6, 6.07) is 12.2. The van der Waals surface area contributed by atoms with Gasteiger partial charge in [0.25, 0.3) is 0 Å². The van der Waals surface area contributed by atoms with Crippen molar-refractivity contribution < 1.29 is 9.47 Å². The van der Waals surface area contributed by atoms with E-state index < -0.39 is 0 Å². The third-order valence-electron chi connectivity index (χ3n) is 4.35. The first kappa shape index (κ1) is 15.7. The van der Waals surface area contributed by atoms with Gasteiger partial charge in [-0.1, -0.05) is 12.1 Å². The standard InChI is InChI=1S/C19H20N4O2/c1-24-17-7-2-5-14-11-15(13-25-18(14)17)22-12-16-6-3-10-23(16)19-20-8-4-9-21-19/h2-10,15,22H,11-13H2,1H3. The lowest BCUT2D eigenvalue weighted by molar-refractivity contribution is 0.226. The molecule has 25 heavy (non-hydrogen) atoms. The summed E-state index contributed by atoms with van der Waals surface area (Å²) in [5, 5.41) is 3.57. The number of nitrogens with zero attached hydrogens (tertiary/aromatic N) is 3. The van der Waals surface area contributed by atoms with Crippen LogP contribution in [0.2, 0.25) is 0 Å². The summed E-state index contributed by atoms with van der Waals surface area (Å²) in [6.45, 7) is 1.34. The normalized spacial score (nSPS) is 16.1. The van der Waals surface area contributed by atoms with E-state index in [1.54, 1.807) is 19.5 Å². The van der Waals surface area contributed by atoms with Crippen LogP contribution in [0.1, 0.15) is 11.3 Å². The molecule has 0 saturated heterocycles. The van der Waals surface area contributed by atoms with E-state index in [4.69, 9.17) is 9.47 Å². The summed E-state index contributed by atoms with van der Waals surface area (Å²) in [7, 11) is 1.67. The lowest BCUT2D eigenvalue weighted by Crippen LogP contribution is -2.39. The maximum Gasteiger partial charge on any atom is 0.233 e. The summed E-state index contributed by atoms with van der Waals surface area (Å²) in [6.07, 6.45) is 6.39. The Hall–Kier alpha value is -2.86. The summed E-state index contributed by atoms with van der Waals surface area (Å²) >= 11 is 0. The molecule has 0 bridgehead atoms. The van der Waals surface area contributed by atoms with Crippen molar-refractivity contribution in [1.82, 2.24) is 19.9 Å². The van der Waals surface area contributed by atoms with Crippen molar-refractivity contribution in [2.75, 3.05) is 13.7 Å². The molecule has 0 spiro atoms. The Bertz CT molecular complexity index is 848. The molecule has 128 valence electrons. The largest absolute Gasteiger partial charge is 0.493 e. The first-order valence-electron chi connectivity index (χ1n) is 8.31. The summed E-state index contributed by atoms with van der Waals surface area (Å²) in [4.78, 5) is 8.62. The molecule has 4 rings (SSSR count). The van der Waals surface area contributed by atoms with Crippen LogP contribution in [0.5, 0.6) is 11.5 Å². The number of fused-ring (bicyclic) bond motifs is 1. The number of hydrogen-bond donors (Lipinski definition) is 1. The maximum atomic E-state index is 5.92. The minimum atomic E-state index is 0.250. The Morgan fingerprint density at radius 1 is 1.20 bits per heavy atom. The molecule has 0 saturated carbocycles. The van der Waals surface area contributed by atoms with Gasteiger partial charge in [-0.3, -0.25) is 4.57 Å². The van der Waals surface area contributed by atoms with Crippen LogP contribution in [0.25, 0.3) is 5.95 Å². The van der Waals surface area contributed by atoms with E-state index in [1.165, 1.54) is 5.56 Å². The van der Waals surface area contributed by atoms with Crippen molar-refractivity contribution in [3.63, 3.8) is 0 Å². The van der Waals surface area contributed by atoms with Crippen molar-refractivity contribution in [2.24, 2.45) is 0 Å². The number of nitrogens with one attached hydrogen (secondary N) is 1. The van der Waals surface area contributed by atoms with Gasteiger partial charge in [0, 0.05) is 36.9 Å². The first-order chi connectivity index (χ1) is 12.3. The number of aromatic nitrogens is 3. The second-order valence-electron chi connectivity index (χ2n) is 5.96. The summed E-state index contributed by atoms with van der Waals surface area (Å²) in [5.41, 5.74) is 2.28. The molecule has 3 aromatic rings. The van der Waals surface area contributed by atoms with Crippen LogP contribution in [0.4, 0.5) is 0 Å². The second kappa shape index (κ2) is 6.94. The molecule has 1 aromatic carbocycles. The SMILES string of the molecule is COc1cccc2c1OCC(NCc1cccn1-c1ncccn1)C2. The molecule has 0 radical (unpaired) electrons. The predicted molar refractivity (Wildman–Crippen MR) is 94.2 cm³/mol. The molecule has 0 fully saturated rings. The van der Waals surface area contributed by atoms with Crippen LogP contribution in [-0.4, -0.2) is 34.3 Å². The van der Waals surface area contributed by atoms with Gasteiger partial charge in [0.15, 0.2) is 11.5 Å². The van der Waals surface area contributed by atoms with Crippen molar-refractivity contribution in [3.8, 4) is 17.4 Å². The molecule has 1 aliphatic rings. The molecule has 1 N–H and O–H groups in total. The van der Waals surface area contributed by atoms with Crippen molar-refractivity contribution >= 4 is 0 Å². The number of para-hydroxylation sites is 1. The zero-order valence-corrected chi connectivity index (χ0v) is 14.1. The molecule has 0 amide bonds. The molecule has 6 heteroatoms. The van der Waals surface area contributed by atoms with Crippen LogP contribution >= 0.6 is 0 Å². The fourth-order valence-corrected chi connectivity index (χ4v) is 3.11. The van der Waals surface area contributed by atoms with E-state index in [1.807, 2.05) is 35.0 Å². The number of methoxy groups -OCH3 is 1. The van der Waals surface area contributed by atoms with E-state index in [0.717, 1.165) is 30.2 Å². The van der Waals surface area contributed by atoms with Gasteiger partial charge >= 0.3 is 0 Å². The van der Waals surface area contributed by atoms with E-state index in [9.17, 15) is 0 Å². The van der Waals surface area contributed by atoms with Crippen LogP contribution in [0.3, 0.4) is 0 Å². The first-order valence-corrected chi connectivity index (χ1v) is 8.31. The number of hydrogen-bond acceptors (Lipinski definition) is 5. The monoisotopic (exact) mass is 336 g/mol. The molecule has 2 aromatic heterocycles. The Morgan fingerprint density at radius 2 is 2.08 bits per heavy atom. The van der Waals surface area contributed by atoms with Gasteiger partial charge in [0.1, 0.15) is 6.61 Å². The molecule has 3 heterocycles. The molecular formula is C19H20N4O2. The molecular weight excluding hydrogens is 316 g/mol. The third kappa shape index (κ3) is 3.21. The highest BCUT2D eigenvalue weighted by Gasteiger charge is 2.22. The Morgan fingerprint density at radius 3 is 2.92 bits per heavy atom. The lowest BCUT2D eigenvalue weighted by atomic mass is 10.0. The van der Waals surface area contributed by atoms with Gasteiger partial charge < -0.3 is 14.8 Å². The van der Waals surface area contributed by atoms with E-state index >= 15 is 0 Å². The summed E-state index contributed by atoms with van der Waals surface area (Å²) in [5.74, 6) is 2.34. The summed E-state index contributed by atoms with van der Waals surface area (Å²) < 4.78 is 13.3. The predicted octanol–water partition coefficient (Wildman–Crippen LogP) is 2.37. The van der Waals surface area contributed by atoms with Crippen LogP contribution in [0, 0.1) is 0 Å². The highest BCUT2D eigenvalue weighted by molar-refractivity contribution is 5.48. The maximum absolute atomic E-state index is 5.92. The van der Waals surface area contributed by atoms with Crippen molar-refractivity contribution in [1.29, 1.82) is 0 Å². The third-order valence-corrected chi connectivity index (χ3v) is 4.35. The molecule has 0 aliphatic carbocycles. The molecule has 6 nitrogen and oxygen atoms in total. The average molecular weight is 336 g/mol. The Balaban J connectivity index is 1.44. The van der Waals surface area contributed by atoms with Gasteiger partial charge in [-0.05, 0) is 36.2 Å². The zero-order chi connectivity index (χ0) is 17.1. The van der Waals surface area contributed by atoms with E-state index in [0.29, 0.717) is 12.6 Å². The number of rotatable bonds is 5. The molecule has 1 aliphatic heterocycles. The Kier molecular flexibility index (Phi) is 4.35. The second-order valence-corrected chi connectivity index (χ2v) is 5.96. The van der Waals surface area contributed by atoms with Crippen LogP contribution in [0.15, 0.2) is 55.0 Å². The minimum Gasteiger partial charge on any atom is -0.493 e. The molecule has 1 unspecified atom stereocenters.